The van der Waals surface area contributed by atoms with Gasteiger partial charge in [-0.3, -0.25) is 4.68 Å². The summed E-state index contributed by atoms with van der Waals surface area (Å²) in [4.78, 5) is 0. The van der Waals surface area contributed by atoms with Crippen LogP contribution in [0.1, 0.15) is 44.0 Å². The van der Waals surface area contributed by atoms with Gasteiger partial charge in [0.25, 0.3) is 0 Å². The van der Waals surface area contributed by atoms with E-state index in [1.165, 1.54) is 5.56 Å². The van der Waals surface area contributed by atoms with Crippen molar-refractivity contribution in [1.82, 2.24) is 15.1 Å². The Bertz CT molecular complexity index is 486. The number of nitrogens with zero attached hydrogens (tertiary/aromatic N) is 2. The van der Waals surface area contributed by atoms with Crippen molar-refractivity contribution in [3.8, 4) is 0 Å². The minimum absolute atomic E-state index is 0.535. The number of nitrogens with one attached hydrogen (secondary N) is 1. The van der Waals surface area contributed by atoms with Gasteiger partial charge in [0.1, 0.15) is 0 Å². The number of hydrogen-bond acceptors (Lipinski definition) is 2. The molecule has 0 unspecified atom stereocenters. The second kappa shape index (κ2) is 7.85. The minimum atomic E-state index is 0.535. The zero-order chi connectivity index (χ0) is 14.2. The fraction of sp³-hybridized carbons (Fsp3) is 0.471. The smallest absolute Gasteiger partial charge is 0.0762 e. The highest BCUT2D eigenvalue weighted by atomic mass is 15.3. The van der Waals surface area contributed by atoms with E-state index in [-0.39, 0.29) is 0 Å². The SMILES string of the molecule is CCC(CC)n1ccc(CNCCc2ccccc2)n1. The van der Waals surface area contributed by atoms with Crippen LogP contribution in [0.2, 0.25) is 0 Å². The quantitative estimate of drug-likeness (QED) is 0.744. The van der Waals surface area contributed by atoms with Gasteiger partial charge in [0.05, 0.1) is 11.7 Å². The number of hydrogen-bond donors (Lipinski definition) is 1. The summed E-state index contributed by atoms with van der Waals surface area (Å²) >= 11 is 0. The van der Waals surface area contributed by atoms with Crippen LogP contribution >= 0.6 is 0 Å². The Kier molecular flexibility index (Phi) is 5.81. The predicted molar refractivity (Wildman–Crippen MR) is 83.7 cm³/mol. The molecule has 0 saturated carbocycles. The van der Waals surface area contributed by atoms with Gasteiger partial charge in [-0.1, -0.05) is 44.2 Å². The van der Waals surface area contributed by atoms with Crippen molar-refractivity contribution in [3.05, 3.63) is 53.9 Å². The van der Waals surface area contributed by atoms with Crippen molar-refractivity contribution in [1.29, 1.82) is 0 Å². The van der Waals surface area contributed by atoms with Crippen molar-refractivity contribution >= 4 is 0 Å². The molecule has 0 aliphatic heterocycles. The fourth-order valence-corrected chi connectivity index (χ4v) is 2.43. The molecule has 0 spiro atoms. The second-order valence-corrected chi connectivity index (χ2v) is 5.17. The molecule has 3 nitrogen and oxygen atoms in total. The molecular weight excluding hydrogens is 246 g/mol. The van der Waals surface area contributed by atoms with Gasteiger partial charge in [-0.2, -0.15) is 5.10 Å². The van der Waals surface area contributed by atoms with Crippen molar-refractivity contribution in [2.75, 3.05) is 6.54 Å². The topological polar surface area (TPSA) is 29.9 Å². The van der Waals surface area contributed by atoms with Gasteiger partial charge in [0.15, 0.2) is 0 Å². The van der Waals surface area contributed by atoms with E-state index >= 15 is 0 Å². The lowest BCUT2D eigenvalue weighted by Gasteiger charge is -2.12. The van der Waals surface area contributed by atoms with Crippen LogP contribution in [0.5, 0.6) is 0 Å². The summed E-state index contributed by atoms with van der Waals surface area (Å²) in [6.45, 7) is 6.27. The van der Waals surface area contributed by atoms with E-state index in [1.54, 1.807) is 0 Å². The zero-order valence-corrected chi connectivity index (χ0v) is 12.5. The van der Waals surface area contributed by atoms with Crippen LogP contribution in [0.4, 0.5) is 0 Å². The number of rotatable bonds is 8. The average Bonchev–Trinajstić information content (AvgIpc) is 2.95. The lowest BCUT2D eigenvalue weighted by molar-refractivity contribution is 0.424. The largest absolute Gasteiger partial charge is 0.311 e. The third kappa shape index (κ3) is 4.20. The molecule has 0 bridgehead atoms. The van der Waals surface area contributed by atoms with E-state index in [2.05, 4.69) is 71.5 Å². The van der Waals surface area contributed by atoms with Gasteiger partial charge in [0, 0.05) is 12.7 Å². The molecule has 2 aromatic rings. The Labute approximate surface area is 122 Å². The highest BCUT2D eigenvalue weighted by molar-refractivity contribution is 5.14. The molecule has 0 radical (unpaired) electrons. The maximum atomic E-state index is 4.65. The van der Waals surface area contributed by atoms with Crippen LogP contribution in [0, 0.1) is 0 Å². The summed E-state index contributed by atoms with van der Waals surface area (Å²) in [5.74, 6) is 0. The minimum Gasteiger partial charge on any atom is -0.311 e. The molecular formula is C17H25N3. The van der Waals surface area contributed by atoms with E-state index in [9.17, 15) is 0 Å². The van der Waals surface area contributed by atoms with E-state index in [1.807, 2.05) is 0 Å². The van der Waals surface area contributed by atoms with Crippen LogP contribution in [0.15, 0.2) is 42.6 Å². The van der Waals surface area contributed by atoms with Gasteiger partial charge in [-0.05, 0) is 37.4 Å². The molecule has 108 valence electrons. The Morgan fingerprint density at radius 3 is 2.55 bits per heavy atom. The standard InChI is InChI=1S/C17H25N3/c1-3-17(4-2)20-13-11-16(19-20)14-18-12-10-15-8-6-5-7-9-15/h5-9,11,13,17-18H,3-4,10,12,14H2,1-2H3. The van der Waals surface area contributed by atoms with Crippen molar-refractivity contribution in [2.24, 2.45) is 0 Å². The molecule has 1 aromatic carbocycles. The number of benzene rings is 1. The van der Waals surface area contributed by atoms with Gasteiger partial charge in [0.2, 0.25) is 0 Å². The second-order valence-electron chi connectivity index (χ2n) is 5.17. The Morgan fingerprint density at radius 2 is 1.85 bits per heavy atom. The molecule has 1 aromatic heterocycles. The first-order valence-corrected chi connectivity index (χ1v) is 7.62. The Hall–Kier alpha value is -1.61. The first kappa shape index (κ1) is 14.8. The molecule has 0 aliphatic carbocycles. The first-order chi connectivity index (χ1) is 9.83. The summed E-state index contributed by atoms with van der Waals surface area (Å²) in [6.07, 6.45) is 5.44. The molecule has 0 atom stereocenters. The summed E-state index contributed by atoms with van der Waals surface area (Å²) in [5.41, 5.74) is 2.51. The molecule has 0 fully saturated rings. The van der Waals surface area contributed by atoms with Gasteiger partial charge in [-0.25, -0.2) is 0 Å². The molecule has 3 heteroatoms. The van der Waals surface area contributed by atoms with Crippen molar-refractivity contribution in [2.45, 2.75) is 45.7 Å². The van der Waals surface area contributed by atoms with Crippen LogP contribution in [-0.4, -0.2) is 16.3 Å². The van der Waals surface area contributed by atoms with Crippen molar-refractivity contribution in [3.63, 3.8) is 0 Å². The first-order valence-electron chi connectivity index (χ1n) is 7.62. The third-order valence-corrected chi connectivity index (χ3v) is 3.72. The summed E-state index contributed by atoms with van der Waals surface area (Å²) < 4.78 is 2.11. The highest BCUT2D eigenvalue weighted by Gasteiger charge is 2.07. The van der Waals surface area contributed by atoms with Crippen LogP contribution in [0.25, 0.3) is 0 Å². The molecule has 1 heterocycles. The summed E-state index contributed by atoms with van der Waals surface area (Å²) in [7, 11) is 0. The van der Waals surface area contributed by atoms with Gasteiger partial charge >= 0.3 is 0 Å². The normalized spacial score (nSPS) is 11.2. The fourth-order valence-electron chi connectivity index (χ4n) is 2.43. The lowest BCUT2D eigenvalue weighted by atomic mass is 10.1. The molecule has 0 saturated heterocycles. The highest BCUT2D eigenvalue weighted by Crippen LogP contribution is 2.14. The zero-order valence-electron chi connectivity index (χ0n) is 12.5. The summed E-state index contributed by atoms with van der Waals surface area (Å²) in [5, 5.41) is 8.11. The maximum absolute atomic E-state index is 4.65. The van der Waals surface area contributed by atoms with Crippen LogP contribution in [-0.2, 0) is 13.0 Å². The van der Waals surface area contributed by atoms with Gasteiger partial charge in [-0.15, -0.1) is 0 Å². The molecule has 0 aliphatic rings. The van der Waals surface area contributed by atoms with Crippen molar-refractivity contribution < 1.29 is 0 Å². The Morgan fingerprint density at radius 1 is 1.10 bits per heavy atom. The summed E-state index contributed by atoms with van der Waals surface area (Å²) in [6, 6.07) is 13.2. The van der Waals surface area contributed by atoms with E-state index in [0.29, 0.717) is 6.04 Å². The van der Waals surface area contributed by atoms with E-state index in [0.717, 1.165) is 38.0 Å². The molecule has 0 amide bonds. The van der Waals surface area contributed by atoms with E-state index < -0.39 is 0 Å². The Balaban J connectivity index is 1.74. The third-order valence-electron chi connectivity index (χ3n) is 3.72. The van der Waals surface area contributed by atoms with E-state index in [4.69, 9.17) is 0 Å². The lowest BCUT2D eigenvalue weighted by Crippen LogP contribution is -2.17. The number of aromatic nitrogens is 2. The average molecular weight is 271 g/mol. The predicted octanol–water partition coefficient (Wildman–Crippen LogP) is 3.58. The van der Waals surface area contributed by atoms with Crippen LogP contribution < -0.4 is 5.32 Å². The molecule has 20 heavy (non-hydrogen) atoms. The molecule has 2 rings (SSSR count). The van der Waals surface area contributed by atoms with Gasteiger partial charge < -0.3 is 5.32 Å². The van der Waals surface area contributed by atoms with Crippen LogP contribution in [0.3, 0.4) is 0 Å². The maximum Gasteiger partial charge on any atom is 0.0762 e. The monoisotopic (exact) mass is 271 g/mol. The molecule has 1 N–H and O–H groups in total.